The van der Waals surface area contributed by atoms with E-state index in [9.17, 15) is 9.18 Å². The van der Waals surface area contributed by atoms with Gasteiger partial charge in [0.15, 0.2) is 5.96 Å². The molecule has 2 aromatic carbocycles. The highest BCUT2D eigenvalue weighted by Crippen LogP contribution is 2.20. The molecule has 0 bridgehead atoms. The van der Waals surface area contributed by atoms with Crippen LogP contribution in [0.3, 0.4) is 0 Å². The Bertz CT molecular complexity index is 757. The Balaban J connectivity index is 1.72. The number of guanidine groups is 1. The third-order valence-electron chi connectivity index (χ3n) is 4.36. The molecule has 0 spiro atoms. The van der Waals surface area contributed by atoms with E-state index >= 15 is 0 Å². The molecule has 0 radical (unpaired) electrons. The Labute approximate surface area is 159 Å². The van der Waals surface area contributed by atoms with Crippen LogP contribution < -0.4 is 16.4 Å². The number of amides is 1. The highest BCUT2D eigenvalue weighted by molar-refractivity contribution is 5.92. The van der Waals surface area contributed by atoms with Crippen molar-refractivity contribution in [3.05, 3.63) is 65.5 Å². The molecule has 1 atom stereocenters. The van der Waals surface area contributed by atoms with Gasteiger partial charge in [-0.25, -0.2) is 4.39 Å². The fourth-order valence-electron chi connectivity index (χ4n) is 2.54. The van der Waals surface area contributed by atoms with Crippen molar-refractivity contribution in [1.29, 1.82) is 0 Å². The molecule has 0 aromatic heterocycles. The van der Waals surface area contributed by atoms with Crippen molar-refractivity contribution in [2.24, 2.45) is 10.7 Å². The molecule has 0 aliphatic heterocycles. The monoisotopic (exact) mass is 370 g/mol. The summed E-state index contributed by atoms with van der Waals surface area (Å²) in [5, 5.41) is 5.81. The van der Waals surface area contributed by atoms with Crippen molar-refractivity contribution in [3.63, 3.8) is 0 Å². The highest BCUT2D eigenvalue weighted by Gasteiger charge is 2.04. The van der Waals surface area contributed by atoms with E-state index in [1.165, 1.54) is 17.7 Å². The normalized spacial score (nSPS) is 12.5. The van der Waals surface area contributed by atoms with E-state index in [0.29, 0.717) is 25.0 Å². The molecular weight excluding hydrogens is 343 g/mol. The zero-order valence-electron chi connectivity index (χ0n) is 15.8. The number of hydrogen-bond donors (Lipinski definition) is 3. The molecular formula is C21H27FN4O. The molecule has 5 nitrogen and oxygen atoms in total. The fraction of sp³-hybridized carbons (Fsp3) is 0.333. The summed E-state index contributed by atoms with van der Waals surface area (Å²) in [6, 6.07) is 14.0. The van der Waals surface area contributed by atoms with Crippen LogP contribution in [0.2, 0.25) is 0 Å². The maximum absolute atomic E-state index is 12.8. The first-order valence-corrected chi connectivity index (χ1v) is 9.16. The summed E-state index contributed by atoms with van der Waals surface area (Å²) < 4.78 is 12.8. The molecule has 0 aliphatic carbocycles. The van der Waals surface area contributed by atoms with Crippen molar-refractivity contribution in [2.75, 3.05) is 18.4 Å². The van der Waals surface area contributed by atoms with Crippen molar-refractivity contribution >= 4 is 17.6 Å². The quantitative estimate of drug-likeness (QED) is 0.378. The SMILES string of the molecule is CCC(C)c1ccc(NC(N)=NCCNC(=O)Cc2ccc(F)cc2)cc1. The van der Waals surface area contributed by atoms with Crippen LogP contribution in [-0.2, 0) is 11.2 Å². The van der Waals surface area contributed by atoms with Gasteiger partial charge in [0.05, 0.1) is 13.0 Å². The van der Waals surface area contributed by atoms with E-state index in [0.717, 1.165) is 17.7 Å². The van der Waals surface area contributed by atoms with Crippen LogP contribution in [0.5, 0.6) is 0 Å². The maximum atomic E-state index is 12.8. The smallest absolute Gasteiger partial charge is 0.224 e. The number of hydrogen-bond acceptors (Lipinski definition) is 2. The molecule has 1 amide bonds. The Morgan fingerprint density at radius 1 is 1.15 bits per heavy atom. The van der Waals surface area contributed by atoms with Crippen molar-refractivity contribution in [1.82, 2.24) is 5.32 Å². The minimum absolute atomic E-state index is 0.135. The van der Waals surface area contributed by atoms with E-state index in [1.54, 1.807) is 12.1 Å². The van der Waals surface area contributed by atoms with Gasteiger partial charge in [0.2, 0.25) is 5.91 Å². The summed E-state index contributed by atoms with van der Waals surface area (Å²) in [7, 11) is 0. The van der Waals surface area contributed by atoms with Crippen LogP contribution in [0.1, 0.15) is 37.3 Å². The summed E-state index contributed by atoms with van der Waals surface area (Å²) in [5.41, 5.74) is 8.81. The molecule has 6 heteroatoms. The van der Waals surface area contributed by atoms with Gasteiger partial charge in [-0.15, -0.1) is 0 Å². The zero-order chi connectivity index (χ0) is 19.6. The summed E-state index contributed by atoms with van der Waals surface area (Å²) in [5.74, 6) is 0.387. The third kappa shape index (κ3) is 7.09. The molecule has 144 valence electrons. The summed E-state index contributed by atoms with van der Waals surface area (Å²) >= 11 is 0. The molecule has 2 rings (SSSR count). The van der Waals surface area contributed by atoms with Crippen LogP contribution in [0.4, 0.5) is 10.1 Å². The number of rotatable bonds is 8. The Hall–Kier alpha value is -2.89. The lowest BCUT2D eigenvalue weighted by molar-refractivity contribution is -0.120. The summed E-state index contributed by atoms with van der Waals surface area (Å²) in [6.45, 7) is 5.12. The summed E-state index contributed by atoms with van der Waals surface area (Å²) in [4.78, 5) is 16.0. The largest absolute Gasteiger partial charge is 0.370 e. The average Bonchev–Trinajstić information content (AvgIpc) is 2.67. The van der Waals surface area contributed by atoms with Gasteiger partial charge in [0.1, 0.15) is 5.82 Å². The number of anilines is 1. The van der Waals surface area contributed by atoms with Crippen molar-refractivity contribution in [2.45, 2.75) is 32.6 Å². The van der Waals surface area contributed by atoms with E-state index in [-0.39, 0.29) is 18.1 Å². The average molecular weight is 370 g/mol. The van der Waals surface area contributed by atoms with Gasteiger partial charge in [-0.05, 0) is 47.7 Å². The molecule has 1 unspecified atom stereocenters. The Morgan fingerprint density at radius 3 is 2.44 bits per heavy atom. The number of carbonyl (C=O) groups excluding carboxylic acids is 1. The van der Waals surface area contributed by atoms with Gasteiger partial charge in [-0.1, -0.05) is 38.1 Å². The number of nitrogens with two attached hydrogens (primary N) is 1. The lowest BCUT2D eigenvalue weighted by Crippen LogP contribution is -2.29. The first-order chi connectivity index (χ1) is 13.0. The van der Waals surface area contributed by atoms with Crippen LogP contribution in [0, 0.1) is 5.82 Å². The van der Waals surface area contributed by atoms with Crippen LogP contribution in [-0.4, -0.2) is 25.0 Å². The first-order valence-electron chi connectivity index (χ1n) is 9.16. The Morgan fingerprint density at radius 2 is 1.81 bits per heavy atom. The maximum Gasteiger partial charge on any atom is 0.224 e. The van der Waals surface area contributed by atoms with E-state index in [4.69, 9.17) is 5.73 Å². The highest BCUT2D eigenvalue weighted by atomic mass is 19.1. The minimum atomic E-state index is -0.314. The van der Waals surface area contributed by atoms with E-state index < -0.39 is 0 Å². The number of carbonyl (C=O) groups is 1. The number of nitrogens with one attached hydrogen (secondary N) is 2. The second-order valence-corrected chi connectivity index (χ2v) is 6.48. The van der Waals surface area contributed by atoms with Crippen LogP contribution in [0.15, 0.2) is 53.5 Å². The molecule has 4 N–H and O–H groups in total. The molecule has 2 aromatic rings. The fourth-order valence-corrected chi connectivity index (χ4v) is 2.54. The lowest BCUT2D eigenvalue weighted by Gasteiger charge is -2.11. The van der Waals surface area contributed by atoms with Gasteiger partial charge in [0, 0.05) is 12.2 Å². The molecule has 27 heavy (non-hydrogen) atoms. The van der Waals surface area contributed by atoms with Crippen molar-refractivity contribution < 1.29 is 9.18 Å². The molecule has 0 saturated carbocycles. The van der Waals surface area contributed by atoms with Gasteiger partial charge in [0.25, 0.3) is 0 Å². The second kappa shape index (κ2) is 10.3. The summed E-state index contributed by atoms with van der Waals surface area (Å²) in [6.07, 6.45) is 1.31. The van der Waals surface area contributed by atoms with Crippen molar-refractivity contribution in [3.8, 4) is 0 Å². The van der Waals surface area contributed by atoms with E-state index in [1.807, 2.05) is 12.1 Å². The number of nitrogens with zero attached hydrogens (tertiary/aromatic N) is 1. The van der Waals surface area contributed by atoms with Gasteiger partial charge < -0.3 is 16.4 Å². The lowest BCUT2D eigenvalue weighted by atomic mass is 9.99. The number of halogens is 1. The molecule has 0 saturated heterocycles. The number of benzene rings is 2. The predicted octanol–water partition coefficient (Wildman–Crippen LogP) is 3.42. The Kier molecular flexibility index (Phi) is 7.79. The topological polar surface area (TPSA) is 79.5 Å². The first kappa shape index (κ1) is 20.4. The van der Waals surface area contributed by atoms with Gasteiger partial charge >= 0.3 is 0 Å². The molecule has 0 aliphatic rings. The number of aliphatic imine (C=N–C) groups is 1. The third-order valence-corrected chi connectivity index (χ3v) is 4.36. The van der Waals surface area contributed by atoms with Crippen LogP contribution in [0.25, 0.3) is 0 Å². The molecule has 0 heterocycles. The van der Waals surface area contributed by atoms with Crippen LogP contribution >= 0.6 is 0 Å². The van der Waals surface area contributed by atoms with Gasteiger partial charge in [-0.3, -0.25) is 9.79 Å². The predicted molar refractivity (Wildman–Crippen MR) is 108 cm³/mol. The molecule has 0 fully saturated rings. The van der Waals surface area contributed by atoms with Gasteiger partial charge in [-0.2, -0.15) is 0 Å². The van der Waals surface area contributed by atoms with E-state index in [2.05, 4.69) is 41.6 Å². The second-order valence-electron chi connectivity index (χ2n) is 6.48. The zero-order valence-corrected chi connectivity index (χ0v) is 15.8. The minimum Gasteiger partial charge on any atom is -0.370 e. The standard InChI is InChI=1S/C21H27FN4O/c1-3-15(2)17-6-10-19(11-7-17)26-21(23)25-13-12-24-20(27)14-16-4-8-18(22)9-5-16/h4-11,15H,3,12-14H2,1-2H3,(H,24,27)(H3,23,25,26).